The molecule has 0 saturated heterocycles. The lowest BCUT2D eigenvalue weighted by molar-refractivity contribution is 0.0954. The van der Waals surface area contributed by atoms with Crippen molar-refractivity contribution in [2.45, 2.75) is 19.9 Å². The first-order chi connectivity index (χ1) is 14.7. The van der Waals surface area contributed by atoms with Crippen molar-refractivity contribution in [2.75, 3.05) is 26.2 Å². The van der Waals surface area contributed by atoms with Crippen LogP contribution < -0.4 is 16.0 Å². The number of hydrogen-bond acceptors (Lipinski definition) is 3. The van der Waals surface area contributed by atoms with E-state index in [0.717, 1.165) is 25.5 Å². The van der Waals surface area contributed by atoms with Gasteiger partial charge in [0.15, 0.2) is 5.96 Å². The Labute approximate surface area is 176 Å². The lowest BCUT2D eigenvalue weighted by atomic mass is 10.2. The molecular weight excluding hydrogens is 378 g/mol. The summed E-state index contributed by atoms with van der Waals surface area (Å²) in [4.78, 5) is 16.7. The summed E-state index contributed by atoms with van der Waals surface area (Å²) >= 11 is 0. The fraction of sp³-hybridized carbons (Fsp3) is 0.304. The van der Waals surface area contributed by atoms with E-state index in [9.17, 15) is 9.90 Å². The third kappa shape index (κ3) is 6.01. The summed E-state index contributed by atoms with van der Waals surface area (Å²) in [6, 6.07) is 16.7. The molecule has 158 valence electrons. The standard InChI is InChI=1S/C23H29N5O2/c1-2-24-23(27-15-14-25-22(30)19-8-10-20(29)11-9-19)26-13-5-16-28-17-12-18-6-3-4-7-21(18)28/h3-4,6-12,17,29H,2,5,13-16H2,1H3,(H,25,30)(H2,24,26,27). The van der Waals surface area contributed by atoms with Gasteiger partial charge in [0.05, 0.1) is 0 Å². The Morgan fingerprint density at radius 2 is 1.77 bits per heavy atom. The zero-order chi connectivity index (χ0) is 21.2. The summed E-state index contributed by atoms with van der Waals surface area (Å²) in [6.45, 7) is 5.46. The number of rotatable bonds is 9. The molecule has 0 fully saturated rings. The molecule has 0 aliphatic carbocycles. The fourth-order valence-corrected chi connectivity index (χ4v) is 3.18. The number of para-hydroxylation sites is 1. The predicted octanol–water partition coefficient (Wildman–Crippen LogP) is 2.72. The van der Waals surface area contributed by atoms with E-state index in [-0.39, 0.29) is 11.7 Å². The first kappa shape index (κ1) is 21.2. The van der Waals surface area contributed by atoms with Crippen LogP contribution >= 0.6 is 0 Å². The summed E-state index contributed by atoms with van der Waals surface area (Å²) in [5, 5.41) is 19.9. The molecule has 0 atom stereocenters. The summed E-state index contributed by atoms with van der Waals surface area (Å²) in [5.41, 5.74) is 1.77. The van der Waals surface area contributed by atoms with Gasteiger partial charge in [0, 0.05) is 50.0 Å². The minimum Gasteiger partial charge on any atom is -0.508 e. The number of nitrogens with one attached hydrogen (secondary N) is 3. The minimum atomic E-state index is -0.169. The van der Waals surface area contributed by atoms with Gasteiger partial charge in [-0.05, 0) is 55.1 Å². The normalized spacial score (nSPS) is 11.4. The molecule has 2 aromatic carbocycles. The number of hydrogen-bond donors (Lipinski definition) is 4. The van der Waals surface area contributed by atoms with E-state index in [0.29, 0.717) is 25.2 Å². The van der Waals surface area contributed by atoms with Gasteiger partial charge in [-0.25, -0.2) is 0 Å². The molecular formula is C23H29N5O2. The number of aromatic nitrogens is 1. The molecule has 0 unspecified atom stereocenters. The highest BCUT2D eigenvalue weighted by molar-refractivity contribution is 5.94. The Kier molecular flexibility index (Phi) is 7.71. The van der Waals surface area contributed by atoms with Gasteiger partial charge in [-0.2, -0.15) is 0 Å². The number of phenolic OH excluding ortho intramolecular Hbond substituents is 1. The largest absolute Gasteiger partial charge is 0.508 e. The monoisotopic (exact) mass is 407 g/mol. The molecule has 30 heavy (non-hydrogen) atoms. The second kappa shape index (κ2) is 10.9. The van der Waals surface area contributed by atoms with Crippen LogP contribution in [0, 0.1) is 0 Å². The Balaban J connectivity index is 1.40. The first-order valence-electron chi connectivity index (χ1n) is 10.3. The molecule has 0 aliphatic rings. The van der Waals surface area contributed by atoms with Crippen LogP contribution in [0.25, 0.3) is 10.9 Å². The molecule has 4 N–H and O–H groups in total. The fourth-order valence-electron chi connectivity index (χ4n) is 3.18. The maximum Gasteiger partial charge on any atom is 0.251 e. The topological polar surface area (TPSA) is 90.7 Å². The SMILES string of the molecule is CCNC(=NCCCn1ccc2ccccc21)NCCNC(=O)c1ccc(O)cc1. The van der Waals surface area contributed by atoms with Crippen LogP contribution in [0.4, 0.5) is 0 Å². The Hall–Kier alpha value is -3.48. The van der Waals surface area contributed by atoms with Gasteiger partial charge < -0.3 is 25.6 Å². The van der Waals surface area contributed by atoms with Crippen LogP contribution in [-0.4, -0.2) is 47.7 Å². The second-order valence-corrected chi connectivity index (χ2v) is 6.91. The number of aliphatic imine (C=N–C) groups is 1. The first-order valence-corrected chi connectivity index (χ1v) is 10.3. The summed E-state index contributed by atoms with van der Waals surface area (Å²) in [6.07, 6.45) is 3.06. The van der Waals surface area contributed by atoms with Gasteiger partial charge >= 0.3 is 0 Å². The molecule has 1 heterocycles. The van der Waals surface area contributed by atoms with E-state index in [1.54, 1.807) is 12.1 Å². The molecule has 3 aromatic rings. The molecule has 7 heteroatoms. The third-order valence-corrected chi connectivity index (χ3v) is 4.68. The molecule has 0 saturated carbocycles. The van der Waals surface area contributed by atoms with Gasteiger partial charge in [0.1, 0.15) is 5.75 Å². The number of benzene rings is 2. The molecule has 7 nitrogen and oxygen atoms in total. The van der Waals surface area contributed by atoms with E-state index in [4.69, 9.17) is 0 Å². The number of fused-ring (bicyclic) bond motifs is 1. The zero-order valence-electron chi connectivity index (χ0n) is 17.3. The Bertz CT molecular complexity index is 979. The van der Waals surface area contributed by atoms with Crippen molar-refractivity contribution in [2.24, 2.45) is 4.99 Å². The number of carbonyl (C=O) groups is 1. The number of aryl methyl sites for hydroxylation is 1. The van der Waals surface area contributed by atoms with Gasteiger partial charge in [-0.1, -0.05) is 18.2 Å². The van der Waals surface area contributed by atoms with E-state index in [1.165, 1.54) is 23.0 Å². The van der Waals surface area contributed by atoms with Gasteiger partial charge in [0.25, 0.3) is 5.91 Å². The van der Waals surface area contributed by atoms with Crippen LogP contribution in [-0.2, 0) is 6.54 Å². The number of aromatic hydroxyl groups is 1. The second-order valence-electron chi connectivity index (χ2n) is 6.91. The quantitative estimate of drug-likeness (QED) is 0.249. The van der Waals surface area contributed by atoms with Crippen LogP contribution in [0.3, 0.4) is 0 Å². The molecule has 0 spiro atoms. The predicted molar refractivity (Wildman–Crippen MR) is 121 cm³/mol. The van der Waals surface area contributed by atoms with E-state index < -0.39 is 0 Å². The lowest BCUT2D eigenvalue weighted by Gasteiger charge is -2.12. The number of amides is 1. The Morgan fingerprint density at radius 1 is 1.00 bits per heavy atom. The smallest absolute Gasteiger partial charge is 0.251 e. The average Bonchev–Trinajstić information content (AvgIpc) is 3.17. The number of phenols is 1. The van der Waals surface area contributed by atoms with E-state index in [2.05, 4.69) is 62.0 Å². The number of nitrogens with zero attached hydrogens (tertiary/aromatic N) is 2. The van der Waals surface area contributed by atoms with Crippen LogP contribution in [0.2, 0.25) is 0 Å². The summed E-state index contributed by atoms with van der Waals surface area (Å²) < 4.78 is 2.25. The lowest BCUT2D eigenvalue weighted by Crippen LogP contribution is -2.41. The zero-order valence-corrected chi connectivity index (χ0v) is 17.3. The van der Waals surface area contributed by atoms with Gasteiger partial charge in [-0.3, -0.25) is 9.79 Å². The van der Waals surface area contributed by atoms with Crippen LogP contribution in [0.5, 0.6) is 5.75 Å². The molecule has 0 bridgehead atoms. The van der Waals surface area contributed by atoms with Crippen molar-refractivity contribution in [3.05, 3.63) is 66.4 Å². The van der Waals surface area contributed by atoms with Crippen molar-refractivity contribution in [3.63, 3.8) is 0 Å². The van der Waals surface area contributed by atoms with Crippen LogP contribution in [0.1, 0.15) is 23.7 Å². The molecule has 0 radical (unpaired) electrons. The highest BCUT2D eigenvalue weighted by Crippen LogP contribution is 2.15. The average molecular weight is 408 g/mol. The molecule has 1 aromatic heterocycles. The van der Waals surface area contributed by atoms with E-state index >= 15 is 0 Å². The third-order valence-electron chi connectivity index (χ3n) is 4.68. The summed E-state index contributed by atoms with van der Waals surface area (Å²) in [5.74, 6) is 0.719. The van der Waals surface area contributed by atoms with Gasteiger partial charge in [0.2, 0.25) is 0 Å². The Morgan fingerprint density at radius 3 is 2.57 bits per heavy atom. The molecule has 1 amide bonds. The van der Waals surface area contributed by atoms with Crippen molar-refractivity contribution < 1.29 is 9.90 Å². The van der Waals surface area contributed by atoms with Crippen LogP contribution in [0.15, 0.2) is 65.8 Å². The maximum absolute atomic E-state index is 12.1. The van der Waals surface area contributed by atoms with E-state index in [1.807, 2.05) is 6.92 Å². The van der Waals surface area contributed by atoms with Crippen molar-refractivity contribution in [1.29, 1.82) is 0 Å². The number of guanidine groups is 1. The molecule has 0 aliphatic heterocycles. The number of carbonyl (C=O) groups excluding carboxylic acids is 1. The minimum absolute atomic E-state index is 0.143. The van der Waals surface area contributed by atoms with Crippen molar-refractivity contribution in [3.8, 4) is 5.75 Å². The van der Waals surface area contributed by atoms with Crippen molar-refractivity contribution >= 4 is 22.8 Å². The summed E-state index contributed by atoms with van der Waals surface area (Å²) in [7, 11) is 0. The highest BCUT2D eigenvalue weighted by atomic mass is 16.3. The maximum atomic E-state index is 12.1. The highest BCUT2D eigenvalue weighted by Gasteiger charge is 2.05. The van der Waals surface area contributed by atoms with Gasteiger partial charge in [-0.15, -0.1) is 0 Å². The van der Waals surface area contributed by atoms with Crippen molar-refractivity contribution in [1.82, 2.24) is 20.5 Å². The molecule has 3 rings (SSSR count).